The molecule has 0 saturated carbocycles. The Bertz CT molecular complexity index is 763. The summed E-state index contributed by atoms with van der Waals surface area (Å²) in [6, 6.07) is 7.39. The van der Waals surface area contributed by atoms with Crippen molar-refractivity contribution in [1.29, 1.82) is 0 Å². The molecule has 1 aliphatic rings. The average Bonchev–Trinajstić information content (AvgIpc) is 2.70. The Hall–Kier alpha value is -2.12. The summed E-state index contributed by atoms with van der Waals surface area (Å²) in [5.74, 6) is -2.29. The normalized spacial score (nSPS) is 17.3. The minimum Gasteiger partial charge on any atom is -0.508 e. The number of rotatable bonds is 1. The lowest BCUT2D eigenvalue weighted by Gasteiger charge is -2.22. The first-order valence-electron chi connectivity index (χ1n) is 7.43. The van der Waals surface area contributed by atoms with Gasteiger partial charge in [0.15, 0.2) is 11.5 Å². The van der Waals surface area contributed by atoms with E-state index in [1.165, 1.54) is 18.2 Å². The second-order valence-electron chi connectivity index (χ2n) is 5.78. The number of halogens is 4. The first-order chi connectivity index (χ1) is 11.3. The molecule has 0 saturated heterocycles. The zero-order valence-electron chi connectivity index (χ0n) is 13.0. The van der Waals surface area contributed by atoms with Crippen molar-refractivity contribution < 1.29 is 28.5 Å². The molecule has 0 fully saturated rings. The van der Waals surface area contributed by atoms with Crippen molar-refractivity contribution in [3.05, 3.63) is 52.6 Å². The van der Waals surface area contributed by atoms with E-state index in [-0.39, 0.29) is 30.1 Å². The van der Waals surface area contributed by atoms with E-state index < -0.39 is 29.2 Å². The molecule has 1 unspecified atom stereocenters. The molecule has 136 valence electrons. The minimum atomic E-state index is -4.77. The van der Waals surface area contributed by atoms with Crippen molar-refractivity contribution in [2.24, 2.45) is 0 Å². The average molecular weight is 376 g/mol. The molecule has 2 aromatic carbocycles. The molecular formula is C17H17ClF3NO3. The first-order valence-corrected chi connectivity index (χ1v) is 7.43. The number of alkyl halides is 3. The van der Waals surface area contributed by atoms with E-state index in [9.17, 15) is 28.5 Å². The maximum Gasteiger partial charge on any atom is 0.420 e. The molecule has 1 atom stereocenters. The molecule has 8 heteroatoms. The second kappa shape index (κ2) is 7.01. The van der Waals surface area contributed by atoms with E-state index in [4.69, 9.17) is 0 Å². The van der Waals surface area contributed by atoms with Crippen LogP contribution in [0.25, 0.3) is 0 Å². The van der Waals surface area contributed by atoms with Gasteiger partial charge in [-0.15, -0.1) is 12.4 Å². The third kappa shape index (κ3) is 3.62. The van der Waals surface area contributed by atoms with Crippen LogP contribution in [0.3, 0.4) is 0 Å². The van der Waals surface area contributed by atoms with Gasteiger partial charge in [0.1, 0.15) is 11.3 Å². The maximum absolute atomic E-state index is 13.4. The summed E-state index contributed by atoms with van der Waals surface area (Å²) in [5.41, 5.74) is -0.152. The standard InChI is InChI=1S/C17H16F3NO3.ClH/c18-17(19,20)15-11-5-6-21-8-13(9-1-3-10(22)4-2-9)12(11)7-14(23)16(15)24;/h1-4,7,13,21-24H,5-6,8H2;1H. The van der Waals surface area contributed by atoms with E-state index in [0.29, 0.717) is 24.2 Å². The number of nitrogens with one attached hydrogen (secondary N) is 1. The molecular weight excluding hydrogens is 359 g/mol. The van der Waals surface area contributed by atoms with Crippen LogP contribution in [0.2, 0.25) is 0 Å². The maximum atomic E-state index is 13.4. The van der Waals surface area contributed by atoms with Gasteiger partial charge < -0.3 is 20.6 Å². The minimum absolute atomic E-state index is 0. The molecule has 0 bridgehead atoms. The number of benzene rings is 2. The fourth-order valence-corrected chi connectivity index (χ4v) is 3.18. The summed E-state index contributed by atoms with van der Waals surface area (Å²) in [4.78, 5) is 0. The molecule has 0 spiro atoms. The second-order valence-corrected chi connectivity index (χ2v) is 5.78. The van der Waals surface area contributed by atoms with Crippen LogP contribution in [-0.2, 0) is 12.6 Å². The highest BCUT2D eigenvalue weighted by Crippen LogP contribution is 2.47. The van der Waals surface area contributed by atoms with E-state index in [1.807, 2.05) is 0 Å². The first kappa shape index (κ1) is 19.2. The predicted molar refractivity (Wildman–Crippen MR) is 88.5 cm³/mol. The van der Waals surface area contributed by atoms with Crippen LogP contribution in [0.4, 0.5) is 13.2 Å². The molecule has 0 aromatic heterocycles. The van der Waals surface area contributed by atoms with Crippen LogP contribution >= 0.6 is 12.4 Å². The Kier molecular flexibility index (Phi) is 5.39. The van der Waals surface area contributed by atoms with Crippen LogP contribution in [0.1, 0.15) is 28.2 Å². The number of hydrogen-bond donors (Lipinski definition) is 4. The quantitative estimate of drug-likeness (QED) is 0.575. The van der Waals surface area contributed by atoms with E-state index in [2.05, 4.69) is 5.32 Å². The molecule has 2 aromatic rings. The molecule has 0 radical (unpaired) electrons. The summed E-state index contributed by atoms with van der Waals surface area (Å²) >= 11 is 0. The van der Waals surface area contributed by atoms with Gasteiger partial charge >= 0.3 is 6.18 Å². The third-order valence-electron chi connectivity index (χ3n) is 4.28. The van der Waals surface area contributed by atoms with Crippen LogP contribution in [-0.4, -0.2) is 28.4 Å². The Morgan fingerprint density at radius 3 is 2.28 bits per heavy atom. The summed E-state index contributed by atoms with van der Waals surface area (Å²) in [7, 11) is 0. The molecule has 1 heterocycles. The van der Waals surface area contributed by atoms with Gasteiger partial charge in [-0.2, -0.15) is 13.2 Å². The van der Waals surface area contributed by atoms with Crippen LogP contribution in [0.15, 0.2) is 30.3 Å². The van der Waals surface area contributed by atoms with Gasteiger partial charge in [-0.3, -0.25) is 0 Å². The lowest BCUT2D eigenvalue weighted by atomic mass is 9.85. The number of phenolic OH excluding ortho intramolecular Hbond substituents is 3. The molecule has 0 amide bonds. The smallest absolute Gasteiger partial charge is 0.420 e. The van der Waals surface area contributed by atoms with Crippen LogP contribution in [0, 0.1) is 0 Å². The van der Waals surface area contributed by atoms with Crippen molar-refractivity contribution in [2.75, 3.05) is 13.1 Å². The highest BCUT2D eigenvalue weighted by Gasteiger charge is 2.40. The summed E-state index contributed by atoms with van der Waals surface area (Å²) < 4.78 is 40.2. The van der Waals surface area contributed by atoms with Gasteiger partial charge in [-0.05, 0) is 47.9 Å². The van der Waals surface area contributed by atoms with E-state index in [1.54, 1.807) is 12.1 Å². The number of fused-ring (bicyclic) bond motifs is 1. The summed E-state index contributed by atoms with van der Waals surface area (Å²) in [6.45, 7) is 0.716. The van der Waals surface area contributed by atoms with Gasteiger partial charge in [-0.25, -0.2) is 0 Å². The molecule has 3 rings (SSSR count). The zero-order valence-corrected chi connectivity index (χ0v) is 13.8. The fourth-order valence-electron chi connectivity index (χ4n) is 3.18. The van der Waals surface area contributed by atoms with Crippen LogP contribution < -0.4 is 5.32 Å². The van der Waals surface area contributed by atoms with Crippen LogP contribution in [0.5, 0.6) is 17.2 Å². The van der Waals surface area contributed by atoms with Gasteiger partial charge in [0, 0.05) is 12.5 Å². The van der Waals surface area contributed by atoms with Crippen molar-refractivity contribution >= 4 is 12.4 Å². The van der Waals surface area contributed by atoms with Crippen molar-refractivity contribution in [3.63, 3.8) is 0 Å². The monoisotopic (exact) mass is 375 g/mol. The number of phenols is 3. The molecule has 1 aliphatic heterocycles. The lowest BCUT2D eigenvalue weighted by Crippen LogP contribution is -2.20. The Morgan fingerprint density at radius 1 is 1.04 bits per heavy atom. The molecule has 25 heavy (non-hydrogen) atoms. The molecule has 0 aliphatic carbocycles. The lowest BCUT2D eigenvalue weighted by molar-refractivity contribution is -0.139. The number of aromatic hydroxyl groups is 3. The fraction of sp³-hybridized carbons (Fsp3) is 0.294. The van der Waals surface area contributed by atoms with Crippen molar-refractivity contribution in [1.82, 2.24) is 5.32 Å². The molecule has 4 nitrogen and oxygen atoms in total. The Labute approximate surface area is 148 Å². The van der Waals surface area contributed by atoms with Crippen molar-refractivity contribution in [2.45, 2.75) is 18.5 Å². The molecule has 4 N–H and O–H groups in total. The Morgan fingerprint density at radius 2 is 1.68 bits per heavy atom. The van der Waals surface area contributed by atoms with Crippen molar-refractivity contribution in [3.8, 4) is 17.2 Å². The van der Waals surface area contributed by atoms with Gasteiger partial charge in [0.25, 0.3) is 0 Å². The predicted octanol–water partition coefficient (Wildman–Crippen LogP) is 3.52. The van der Waals surface area contributed by atoms with E-state index in [0.717, 1.165) is 0 Å². The highest BCUT2D eigenvalue weighted by atomic mass is 35.5. The zero-order chi connectivity index (χ0) is 17.5. The highest BCUT2D eigenvalue weighted by molar-refractivity contribution is 5.85. The Balaban J connectivity index is 0.00000225. The van der Waals surface area contributed by atoms with Gasteiger partial charge in [0.2, 0.25) is 0 Å². The van der Waals surface area contributed by atoms with E-state index >= 15 is 0 Å². The van der Waals surface area contributed by atoms with Gasteiger partial charge in [0.05, 0.1) is 0 Å². The summed E-state index contributed by atoms with van der Waals surface area (Å²) in [6.07, 6.45) is -4.68. The van der Waals surface area contributed by atoms with Gasteiger partial charge in [-0.1, -0.05) is 12.1 Å². The third-order valence-corrected chi connectivity index (χ3v) is 4.28. The topological polar surface area (TPSA) is 72.7 Å². The SMILES string of the molecule is Cl.Oc1ccc(C2CNCCc3c2cc(O)c(O)c3C(F)(F)F)cc1. The largest absolute Gasteiger partial charge is 0.508 e. The number of hydrogen-bond acceptors (Lipinski definition) is 4. The summed E-state index contributed by atoms with van der Waals surface area (Å²) in [5, 5.41) is 32.0.